The topological polar surface area (TPSA) is 41.9 Å². The van der Waals surface area contributed by atoms with E-state index < -0.39 is 0 Å². The third kappa shape index (κ3) is 3.38. The number of anilines is 1. The van der Waals surface area contributed by atoms with Crippen LogP contribution in [-0.2, 0) is 4.79 Å². The van der Waals surface area contributed by atoms with Gasteiger partial charge in [-0.1, -0.05) is 37.3 Å². The van der Waals surface area contributed by atoms with Crippen molar-refractivity contribution in [1.29, 1.82) is 0 Å². The van der Waals surface area contributed by atoms with Crippen molar-refractivity contribution in [3.8, 4) is 5.75 Å². The number of para-hydroxylation sites is 1. The number of rotatable bonds is 5. The summed E-state index contributed by atoms with van der Waals surface area (Å²) >= 11 is 0. The highest BCUT2D eigenvalue weighted by Crippen LogP contribution is 2.25. The van der Waals surface area contributed by atoms with E-state index in [9.17, 15) is 4.79 Å². The molecule has 0 radical (unpaired) electrons. The summed E-state index contributed by atoms with van der Waals surface area (Å²) in [6, 6.07) is 17.2. The van der Waals surface area contributed by atoms with Gasteiger partial charge in [-0.3, -0.25) is 4.79 Å². The molecule has 0 saturated carbocycles. The van der Waals surface area contributed by atoms with Gasteiger partial charge in [-0.2, -0.15) is 10.1 Å². The quantitative estimate of drug-likeness (QED) is 0.772. The van der Waals surface area contributed by atoms with Crippen LogP contribution in [0.4, 0.5) is 5.69 Å². The Morgan fingerprint density at radius 1 is 1.08 bits per heavy atom. The summed E-state index contributed by atoms with van der Waals surface area (Å²) in [7, 11) is 0. The predicted octanol–water partition coefficient (Wildman–Crippen LogP) is 4.28. The normalized spacial score (nSPS) is 15.8. The minimum absolute atomic E-state index is 0.106. The average Bonchev–Trinajstić information content (AvgIpc) is 2.90. The molecule has 3 rings (SSSR count). The first-order valence-corrected chi connectivity index (χ1v) is 8.08. The molecule has 1 heterocycles. The Labute approximate surface area is 142 Å². The first-order chi connectivity index (χ1) is 11.7. The van der Waals surface area contributed by atoms with Crippen molar-refractivity contribution in [2.75, 3.05) is 11.6 Å². The molecule has 0 bridgehead atoms. The van der Waals surface area contributed by atoms with Gasteiger partial charge in [-0.15, -0.1) is 0 Å². The fourth-order valence-electron chi connectivity index (χ4n) is 2.48. The number of nitrogens with zero attached hydrogens (tertiary/aromatic N) is 2. The van der Waals surface area contributed by atoms with E-state index in [0.29, 0.717) is 12.2 Å². The molecule has 0 atom stereocenters. The molecule has 1 aliphatic rings. The van der Waals surface area contributed by atoms with Gasteiger partial charge in [0.15, 0.2) is 0 Å². The minimum atomic E-state index is -0.106. The lowest BCUT2D eigenvalue weighted by Gasteiger charge is -2.11. The zero-order valence-electron chi connectivity index (χ0n) is 13.9. The Morgan fingerprint density at radius 3 is 2.46 bits per heavy atom. The minimum Gasteiger partial charge on any atom is -0.494 e. The molecule has 1 amide bonds. The van der Waals surface area contributed by atoms with Crippen LogP contribution < -0.4 is 9.75 Å². The van der Waals surface area contributed by atoms with Gasteiger partial charge in [0, 0.05) is 0 Å². The van der Waals surface area contributed by atoms with Crippen LogP contribution in [0.5, 0.6) is 5.75 Å². The van der Waals surface area contributed by atoms with Crippen LogP contribution in [0.25, 0.3) is 6.08 Å². The molecule has 2 aromatic carbocycles. The standard InChI is InChI=1S/C20H20N2O2/c1-3-13-24-18-11-9-16(10-12-18)14-19-15(2)21-22(20(19)23)17-7-5-4-6-8-17/h4-12,14H,3,13H2,1-2H3/b19-14-. The van der Waals surface area contributed by atoms with Gasteiger partial charge in [0.25, 0.3) is 5.91 Å². The summed E-state index contributed by atoms with van der Waals surface area (Å²) in [5, 5.41) is 5.83. The number of carbonyl (C=O) groups is 1. The maximum absolute atomic E-state index is 12.6. The van der Waals surface area contributed by atoms with Gasteiger partial charge in [0.05, 0.1) is 23.6 Å². The van der Waals surface area contributed by atoms with Gasteiger partial charge in [-0.05, 0) is 49.2 Å². The molecule has 122 valence electrons. The van der Waals surface area contributed by atoms with E-state index in [-0.39, 0.29) is 5.91 Å². The number of hydrogen-bond donors (Lipinski definition) is 0. The lowest BCUT2D eigenvalue weighted by molar-refractivity contribution is -0.114. The van der Waals surface area contributed by atoms with E-state index in [1.807, 2.05) is 67.6 Å². The van der Waals surface area contributed by atoms with Crippen molar-refractivity contribution in [2.24, 2.45) is 5.10 Å². The molecule has 0 fully saturated rings. The molecule has 4 nitrogen and oxygen atoms in total. The number of carbonyl (C=O) groups excluding carboxylic acids is 1. The lowest BCUT2D eigenvalue weighted by Crippen LogP contribution is -2.21. The van der Waals surface area contributed by atoms with Crippen molar-refractivity contribution < 1.29 is 9.53 Å². The van der Waals surface area contributed by atoms with Crippen LogP contribution in [-0.4, -0.2) is 18.2 Å². The van der Waals surface area contributed by atoms with Gasteiger partial charge in [0.2, 0.25) is 0 Å². The highest BCUT2D eigenvalue weighted by molar-refractivity contribution is 6.32. The Morgan fingerprint density at radius 2 is 1.79 bits per heavy atom. The molecule has 0 unspecified atom stereocenters. The van der Waals surface area contributed by atoms with Crippen LogP contribution in [0, 0.1) is 0 Å². The number of benzene rings is 2. The van der Waals surface area contributed by atoms with Crippen LogP contribution in [0.2, 0.25) is 0 Å². The van der Waals surface area contributed by atoms with Crippen molar-refractivity contribution in [3.63, 3.8) is 0 Å². The van der Waals surface area contributed by atoms with E-state index in [0.717, 1.165) is 29.1 Å². The highest BCUT2D eigenvalue weighted by Gasteiger charge is 2.28. The molecule has 1 aliphatic heterocycles. The smallest absolute Gasteiger partial charge is 0.280 e. The van der Waals surface area contributed by atoms with Crippen molar-refractivity contribution in [2.45, 2.75) is 20.3 Å². The summed E-state index contributed by atoms with van der Waals surface area (Å²) in [4.78, 5) is 12.6. The second-order valence-electron chi connectivity index (χ2n) is 5.61. The van der Waals surface area contributed by atoms with Crippen LogP contribution in [0.3, 0.4) is 0 Å². The Hall–Kier alpha value is -2.88. The largest absolute Gasteiger partial charge is 0.494 e. The Balaban J connectivity index is 1.81. The Bertz CT molecular complexity index is 777. The van der Waals surface area contributed by atoms with E-state index in [2.05, 4.69) is 12.0 Å². The summed E-state index contributed by atoms with van der Waals surface area (Å²) in [6.45, 7) is 4.63. The lowest BCUT2D eigenvalue weighted by atomic mass is 10.1. The second-order valence-corrected chi connectivity index (χ2v) is 5.61. The van der Waals surface area contributed by atoms with Crippen molar-refractivity contribution >= 4 is 23.4 Å². The van der Waals surface area contributed by atoms with Gasteiger partial charge < -0.3 is 4.74 Å². The van der Waals surface area contributed by atoms with Crippen LogP contribution >= 0.6 is 0 Å². The Kier molecular flexibility index (Phi) is 4.75. The molecule has 0 saturated heterocycles. The average molecular weight is 320 g/mol. The fourth-order valence-corrected chi connectivity index (χ4v) is 2.48. The monoisotopic (exact) mass is 320 g/mol. The van der Waals surface area contributed by atoms with Crippen molar-refractivity contribution in [3.05, 3.63) is 65.7 Å². The van der Waals surface area contributed by atoms with Gasteiger partial charge >= 0.3 is 0 Å². The van der Waals surface area contributed by atoms with E-state index >= 15 is 0 Å². The summed E-state index contributed by atoms with van der Waals surface area (Å²) in [5.41, 5.74) is 3.05. The van der Waals surface area contributed by atoms with Crippen LogP contribution in [0.15, 0.2) is 65.3 Å². The molecule has 0 N–H and O–H groups in total. The van der Waals surface area contributed by atoms with Gasteiger partial charge in [0.1, 0.15) is 5.75 Å². The third-order valence-corrected chi connectivity index (χ3v) is 3.73. The third-order valence-electron chi connectivity index (χ3n) is 3.73. The summed E-state index contributed by atoms with van der Waals surface area (Å²) in [5.74, 6) is 0.734. The first kappa shape index (κ1) is 16.0. The molecular formula is C20H20N2O2. The molecule has 2 aromatic rings. The molecule has 0 spiro atoms. The number of hydrazone groups is 1. The molecular weight excluding hydrogens is 300 g/mol. The van der Waals surface area contributed by atoms with E-state index in [1.165, 1.54) is 5.01 Å². The fraction of sp³-hybridized carbons (Fsp3) is 0.200. The molecule has 0 aromatic heterocycles. The first-order valence-electron chi connectivity index (χ1n) is 8.08. The van der Waals surface area contributed by atoms with Crippen LogP contribution in [0.1, 0.15) is 25.8 Å². The number of amides is 1. The predicted molar refractivity (Wildman–Crippen MR) is 97.2 cm³/mol. The summed E-state index contributed by atoms with van der Waals surface area (Å²) < 4.78 is 5.58. The zero-order valence-corrected chi connectivity index (χ0v) is 13.9. The maximum Gasteiger partial charge on any atom is 0.280 e. The highest BCUT2D eigenvalue weighted by atomic mass is 16.5. The van der Waals surface area contributed by atoms with Crippen molar-refractivity contribution in [1.82, 2.24) is 0 Å². The van der Waals surface area contributed by atoms with E-state index in [4.69, 9.17) is 4.74 Å². The molecule has 24 heavy (non-hydrogen) atoms. The maximum atomic E-state index is 12.6. The number of ether oxygens (including phenoxy) is 1. The second kappa shape index (κ2) is 7.13. The number of hydrogen-bond acceptors (Lipinski definition) is 3. The molecule has 0 aliphatic carbocycles. The van der Waals surface area contributed by atoms with E-state index in [1.54, 1.807) is 0 Å². The zero-order chi connectivity index (χ0) is 16.9. The molecule has 4 heteroatoms. The summed E-state index contributed by atoms with van der Waals surface area (Å²) in [6.07, 6.45) is 2.85. The van der Waals surface area contributed by atoms with Gasteiger partial charge in [-0.25, -0.2) is 0 Å². The SMILES string of the molecule is CCCOc1ccc(/C=C2\C(=O)N(c3ccccc3)N=C2C)cc1.